The number of carbonyl (C=O) groups excluding carboxylic acids is 1. The molecule has 0 atom stereocenters. The minimum atomic E-state index is 0.151. The molecule has 0 rings (SSSR count). The summed E-state index contributed by atoms with van der Waals surface area (Å²) in [5.74, 6) is 0.151. The summed E-state index contributed by atoms with van der Waals surface area (Å²) in [4.78, 5) is 13.5. The van der Waals surface area contributed by atoms with Gasteiger partial charge in [0.1, 0.15) is 0 Å². The van der Waals surface area contributed by atoms with Gasteiger partial charge < -0.3 is 15.4 Å². The summed E-state index contributed by atoms with van der Waals surface area (Å²) in [6, 6.07) is 0. The van der Waals surface area contributed by atoms with Crippen molar-refractivity contribution in [3.8, 4) is 0 Å². The molecule has 0 aliphatic carbocycles. The second-order valence-electron chi connectivity index (χ2n) is 3.53. The number of nitrogens with zero attached hydrogens (tertiary/aromatic N) is 1. The van der Waals surface area contributed by atoms with Crippen LogP contribution in [0.5, 0.6) is 0 Å². The van der Waals surface area contributed by atoms with E-state index in [9.17, 15) is 4.79 Å². The van der Waals surface area contributed by atoms with Crippen molar-refractivity contribution in [2.45, 2.75) is 33.1 Å². The standard InChI is InChI=1S/C11H24N2O2/c1-3-7-13(8-6-12)11(14)5-10-15-9-4-2/h3-10,12H2,1-2H3. The number of rotatable bonds is 9. The molecule has 0 aliphatic heterocycles. The van der Waals surface area contributed by atoms with Crippen molar-refractivity contribution >= 4 is 5.91 Å². The fraction of sp³-hybridized carbons (Fsp3) is 0.909. The third-order valence-electron chi connectivity index (χ3n) is 2.05. The van der Waals surface area contributed by atoms with Gasteiger partial charge in [-0.3, -0.25) is 4.79 Å². The Morgan fingerprint density at radius 3 is 2.47 bits per heavy atom. The number of hydrogen-bond donors (Lipinski definition) is 1. The Morgan fingerprint density at radius 1 is 1.20 bits per heavy atom. The Hall–Kier alpha value is -0.610. The fourth-order valence-corrected chi connectivity index (χ4v) is 1.35. The summed E-state index contributed by atoms with van der Waals surface area (Å²) in [5.41, 5.74) is 5.45. The van der Waals surface area contributed by atoms with Crippen LogP contribution in [0.4, 0.5) is 0 Å². The highest BCUT2D eigenvalue weighted by Crippen LogP contribution is 1.97. The van der Waals surface area contributed by atoms with E-state index in [0.717, 1.165) is 26.0 Å². The van der Waals surface area contributed by atoms with Crippen molar-refractivity contribution in [3.05, 3.63) is 0 Å². The molecule has 0 aromatic carbocycles. The van der Waals surface area contributed by atoms with E-state index in [1.165, 1.54) is 0 Å². The molecule has 0 heterocycles. The largest absolute Gasteiger partial charge is 0.381 e. The molecule has 0 aromatic heterocycles. The van der Waals surface area contributed by atoms with Crippen LogP contribution in [0.1, 0.15) is 33.1 Å². The fourth-order valence-electron chi connectivity index (χ4n) is 1.35. The van der Waals surface area contributed by atoms with Gasteiger partial charge in [0.05, 0.1) is 13.0 Å². The number of amides is 1. The molecule has 0 saturated carbocycles. The van der Waals surface area contributed by atoms with Crippen molar-refractivity contribution in [3.63, 3.8) is 0 Å². The summed E-state index contributed by atoms with van der Waals surface area (Å²) in [5, 5.41) is 0. The number of hydrogen-bond acceptors (Lipinski definition) is 3. The quantitative estimate of drug-likeness (QED) is 0.585. The molecule has 0 spiro atoms. The average Bonchev–Trinajstić information content (AvgIpc) is 2.24. The summed E-state index contributed by atoms with van der Waals surface area (Å²) in [6.07, 6.45) is 2.44. The summed E-state index contributed by atoms with van der Waals surface area (Å²) in [7, 11) is 0. The highest BCUT2D eigenvalue weighted by Gasteiger charge is 2.10. The van der Waals surface area contributed by atoms with E-state index >= 15 is 0 Å². The van der Waals surface area contributed by atoms with Gasteiger partial charge in [0.15, 0.2) is 0 Å². The van der Waals surface area contributed by atoms with Crippen molar-refractivity contribution in [2.75, 3.05) is 32.8 Å². The van der Waals surface area contributed by atoms with E-state index in [2.05, 4.69) is 13.8 Å². The van der Waals surface area contributed by atoms with Gasteiger partial charge in [-0.1, -0.05) is 13.8 Å². The van der Waals surface area contributed by atoms with Crippen LogP contribution in [0.2, 0.25) is 0 Å². The van der Waals surface area contributed by atoms with Crippen LogP contribution in [0.25, 0.3) is 0 Å². The van der Waals surface area contributed by atoms with E-state index in [1.807, 2.05) is 4.90 Å². The Kier molecular flexibility index (Phi) is 9.52. The number of carbonyl (C=O) groups is 1. The molecule has 0 fully saturated rings. The SMILES string of the molecule is CCCOCCC(=O)N(CCC)CCN. The highest BCUT2D eigenvalue weighted by molar-refractivity contribution is 5.76. The first kappa shape index (κ1) is 14.4. The first-order valence-electron chi connectivity index (χ1n) is 5.81. The zero-order chi connectivity index (χ0) is 11.5. The highest BCUT2D eigenvalue weighted by atomic mass is 16.5. The summed E-state index contributed by atoms with van der Waals surface area (Å²) >= 11 is 0. The van der Waals surface area contributed by atoms with Gasteiger partial charge in [0, 0.05) is 26.2 Å². The molecule has 15 heavy (non-hydrogen) atoms. The van der Waals surface area contributed by atoms with Crippen molar-refractivity contribution in [2.24, 2.45) is 5.73 Å². The molecule has 1 amide bonds. The second-order valence-corrected chi connectivity index (χ2v) is 3.53. The molecule has 0 aliphatic rings. The molecular weight excluding hydrogens is 192 g/mol. The lowest BCUT2D eigenvalue weighted by Crippen LogP contribution is -2.36. The van der Waals surface area contributed by atoms with Gasteiger partial charge in [-0.15, -0.1) is 0 Å². The van der Waals surface area contributed by atoms with Crippen LogP contribution in [0.15, 0.2) is 0 Å². The van der Waals surface area contributed by atoms with Crippen molar-refractivity contribution in [1.29, 1.82) is 0 Å². The molecule has 0 bridgehead atoms. The van der Waals surface area contributed by atoms with E-state index < -0.39 is 0 Å². The lowest BCUT2D eigenvalue weighted by atomic mass is 10.3. The summed E-state index contributed by atoms with van der Waals surface area (Å²) in [6.45, 7) is 7.35. The van der Waals surface area contributed by atoms with E-state index in [0.29, 0.717) is 26.1 Å². The minimum absolute atomic E-state index is 0.151. The molecule has 0 radical (unpaired) electrons. The Morgan fingerprint density at radius 2 is 1.93 bits per heavy atom. The van der Waals surface area contributed by atoms with Crippen LogP contribution in [0, 0.1) is 0 Å². The maximum atomic E-state index is 11.7. The Bertz CT molecular complexity index is 157. The van der Waals surface area contributed by atoms with E-state index in [4.69, 9.17) is 10.5 Å². The molecular formula is C11H24N2O2. The maximum Gasteiger partial charge on any atom is 0.224 e. The lowest BCUT2D eigenvalue weighted by Gasteiger charge is -2.21. The molecule has 0 aromatic rings. The minimum Gasteiger partial charge on any atom is -0.381 e. The summed E-state index contributed by atoms with van der Waals surface area (Å²) < 4.78 is 5.28. The average molecular weight is 216 g/mol. The van der Waals surface area contributed by atoms with Crippen molar-refractivity contribution < 1.29 is 9.53 Å². The monoisotopic (exact) mass is 216 g/mol. The van der Waals surface area contributed by atoms with Crippen LogP contribution in [-0.2, 0) is 9.53 Å². The maximum absolute atomic E-state index is 11.7. The Balaban J connectivity index is 3.70. The van der Waals surface area contributed by atoms with Crippen LogP contribution in [0.3, 0.4) is 0 Å². The van der Waals surface area contributed by atoms with Crippen LogP contribution in [-0.4, -0.2) is 43.7 Å². The van der Waals surface area contributed by atoms with E-state index in [1.54, 1.807) is 0 Å². The number of ether oxygens (including phenoxy) is 1. The molecule has 90 valence electrons. The molecule has 0 unspecified atom stereocenters. The smallest absolute Gasteiger partial charge is 0.224 e. The first-order valence-corrected chi connectivity index (χ1v) is 5.81. The van der Waals surface area contributed by atoms with Gasteiger partial charge in [0.2, 0.25) is 5.91 Å². The molecule has 2 N–H and O–H groups in total. The predicted octanol–water partition coefficient (Wildman–Crippen LogP) is 1.00. The molecule has 0 saturated heterocycles. The van der Waals surface area contributed by atoms with Gasteiger partial charge in [-0.05, 0) is 12.8 Å². The normalized spacial score (nSPS) is 10.3. The molecule has 4 heteroatoms. The van der Waals surface area contributed by atoms with E-state index in [-0.39, 0.29) is 5.91 Å². The van der Waals surface area contributed by atoms with Gasteiger partial charge in [-0.25, -0.2) is 0 Å². The third-order valence-corrected chi connectivity index (χ3v) is 2.05. The lowest BCUT2D eigenvalue weighted by molar-refractivity contribution is -0.132. The zero-order valence-corrected chi connectivity index (χ0v) is 10.00. The third kappa shape index (κ3) is 7.33. The number of nitrogens with two attached hydrogens (primary N) is 1. The zero-order valence-electron chi connectivity index (χ0n) is 10.00. The molecule has 4 nitrogen and oxygen atoms in total. The van der Waals surface area contributed by atoms with Gasteiger partial charge in [0.25, 0.3) is 0 Å². The van der Waals surface area contributed by atoms with Crippen LogP contribution >= 0.6 is 0 Å². The second kappa shape index (κ2) is 9.93. The first-order chi connectivity index (χ1) is 7.26. The predicted molar refractivity (Wildman–Crippen MR) is 61.7 cm³/mol. The van der Waals surface area contributed by atoms with Gasteiger partial charge in [-0.2, -0.15) is 0 Å². The Labute approximate surface area is 92.8 Å². The van der Waals surface area contributed by atoms with Gasteiger partial charge >= 0.3 is 0 Å². The topological polar surface area (TPSA) is 55.6 Å². The van der Waals surface area contributed by atoms with Crippen LogP contribution < -0.4 is 5.73 Å². The van der Waals surface area contributed by atoms with Crippen molar-refractivity contribution in [1.82, 2.24) is 4.90 Å².